The van der Waals surface area contributed by atoms with Crippen molar-refractivity contribution >= 4 is 22.5 Å². The lowest BCUT2D eigenvalue weighted by atomic mass is 10.1. The number of benzene rings is 1. The lowest BCUT2D eigenvalue weighted by Gasteiger charge is -2.08. The molecule has 1 aromatic heterocycles. The van der Waals surface area contributed by atoms with Gasteiger partial charge >= 0.3 is 0 Å². The number of hydrogen-bond acceptors (Lipinski definition) is 1. The van der Waals surface area contributed by atoms with Crippen LogP contribution in [0.3, 0.4) is 0 Å². The van der Waals surface area contributed by atoms with Gasteiger partial charge in [-0.15, -0.1) is 0 Å². The highest BCUT2D eigenvalue weighted by Gasteiger charge is 2.08. The van der Waals surface area contributed by atoms with E-state index in [9.17, 15) is 0 Å². The second-order valence-corrected chi connectivity index (χ2v) is 4.94. The highest BCUT2D eigenvalue weighted by molar-refractivity contribution is 6.35. The summed E-state index contributed by atoms with van der Waals surface area (Å²) in [6, 6.07) is 5.92. The summed E-state index contributed by atoms with van der Waals surface area (Å²) in [5, 5.41) is 10.9. The monoisotopic (exact) mass is 237 g/mol. The number of aromatic nitrogens is 1. The van der Waals surface area contributed by atoms with E-state index in [-0.39, 0.29) is 6.61 Å². The van der Waals surface area contributed by atoms with Crippen LogP contribution in [-0.2, 0) is 13.2 Å². The van der Waals surface area contributed by atoms with Crippen LogP contribution in [0.4, 0.5) is 0 Å². The maximum Gasteiger partial charge on any atom is 0.0682 e. The molecule has 1 N–H and O–H groups in total. The minimum absolute atomic E-state index is 0.0572. The smallest absolute Gasteiger partial charge is 0.0682 e. The molecule has 0 bridgehead atoms. The quantitative estimate of drug-likeness (QED) is 0.869. The topological polar surface area (TPSA) is 25.2 Å². The molecule has 1 heterocycles. The van der Waals surface area contributed by atoms with Crippen molar-refractivity contribution in [3.8, 4) is 0 Å². The van der Waals surface area contributed by atoms with Crippen LogP contribution in [0, 0.1) is 5.92 Å². The molecule has 0 aliphatic carbocycles. The molecule has 0 atom stereocenters. The first-order valence-electron chi connectivity index (χ1n) is 5.50. The Morgan fingerprint density at radius 2 is 2.12 bits per heavy atom. The van der Waals surface area contributed by atoms with Crippen molar-refractivity contribution in [2.75, 3.05) is 0 Å². The van der Waals surface area contributed by atoms with Gasteiger partial charge in [-0.05, 0) is 23.6 Å². The number of rotatable bonds is 3. The van der Waals surface area contributed by atoms with Gasteiger partial charge in [-0.3, -0.25) is 0 Å². The van der Waals surface area contributed by atoms with Gasteiger partial charge in [0.2, 0.25) is 0 Å². The third-order valence-corrected chi connectivity index (χ3v) is 2.94. The molecule has 0 amide bonds. The fourth-order valence-corrected chi connectivity index (χ4v) is 2.21. The molecule has 0 fully saturated rings. The van der Waals surface area contributed by atoms with Crippen molar-refractivity contribution in [2.24, 2.45) is 5.92 Å². The number of aliphatic hydroxyl groups is 1. The predicted octanol–water partition coefficient (Wildman–Crippen LogP) is 3.44. The molecule has 1 aromatic carbocycles. The first-order valence-corrected chi connectivity index (χ1v) is 5.87. The van der Waals surface area contributed by atoms with Gasteiger partial charge in [-0.2, -0.15) is 0 Å². The first kappa shape index (κ1) is 11.5. The van der Waals surface area contributed by atoms with Crippen molar-refractivity contribution < 1.29 is 5.11 Å². The summed E-state index contributed by atoms with van der Waals surface area (Å²) in [4.78, 5) is 0. The molecule has 0 radical (unpaired) electrons. The van der Waals surface area contributed by atoms with Crippen LogP contribution in [0.5, 0.6) is 0 Å². The average molecular weight is 238 g/mol. The Kier molecular flexibility index (Phi) is 3.22. The Labute approximate surface area is 100 Å². The van der Waals surface area contributed by atoms with Gasteiger partial charge in [0.1, 0.15) is 0 Å². The molecule has 16 heavy (non-hydrogen) atoms. The maximum absolute atomic E-state index is 9.09. The Bertz CT molecular complexity index is 502. The molecule has 0 aliphatic rings. The number of aliphatic hydroxyl groups excluding tert-OH is 1. The molecule has 0 saturated heterocycles. The number of halogens is 1. The van der Waals surface area contributed by atoms with Gasteiger partial charge in [-0.25, -0.2) is 0 Å². The summed E-state index contributed by atoms with van der Waals surface area (Å²) in [6.07, 6.45) is 1.97. The third kappa shape index (κ3) is 2.08. The Morgan fingerprint density at radius 3 is 2.75 bits per heavy atom. The number of nitrogens with zero attached hydrogens (tertiary/aromatic N) is 1. The fourth-order valence-electron chi connectivity index (χ4n) is 1.94. The van der Waals surface area contributed by atoms with Gasteiger partial charge in [0.25, 0.3) is 0 Å². The molecule has 0 spiro atoms. The molecule has 0 saturated carbocycles. The zero-order chi connectivity index (χ0) is 11.7. The largest absolute Gasteiger partial charge is 0.392 e. The van der Waals surface area contributed by atoms with Crippen molar-refractivity contribution in [3.05, 3.63) is 35.0 Å². The Balaban J connectivity index is 2.53. The highest BCUT2D eigenvalue weighted by Crippen LogP contribution is 2.27. The van der Waals surface area contributed by atoms with E-state index in [2.05, 4.69) is 18.4 Å². The molecule has 2 aromatic rings. The summed E-state index contributed by atoms with van der Waals surface area (Å²) in [5.41, 5.74) is 2.03. The minimum Gasteiger partial charge on any atom is -0.392 e. The van der Waals surface area contributed by atoms with Crippen LogP contribution in [-0.4, -0.2) is 9.67 Å². The normalized spacial score (nSPS) is 11.6. The predicted molar refractivity (Wildman–Crippen MR) is 67.7 cm³/mol. The van der Waals surface area contributed by atoms with E-state index >= 15 is 0 Å². The zero-order valence-corrected chi connectivity index (χ0v) is 10.3. The van der Waals surface area contributed by atoms with Crippen LogP contribution in [0.2, 0.25) is 5.02 Å². The molecular weight excluding hydrogens is 222 g/mol. The van der Waals surface area contributed by atoms with Crippen LogP contribution >= 0.6 is 11.6 Å². The maximum atomic E-state index is 9.09. The van der Waals surface area contributed by atoms with Crippen molar-refractivity contribution in [2.45, 2.75) is 27.0 Å². The molecule has 0 unspecified atom stereocenters. The van der Waals surface area contributed by atoms with E-state index in [1.54, 1.807) is 0 Å². The van der Waals surface area contributed by atoms with Gasteiger partial charge in [-0.1, -0.05) is 31.5 Å². The lowest BCUT2D eigenvalue weighted by Crippen LogP contribution is -2.02. The molecule has 2 nitrogen and oxygen atoms in total. The Hall–Kier alpha value is -0.990. The van der Waals surface area contributed by atoms with E-state index in [0.717, 1.165) is 28.0 Å². The highest BCUT2D eigenvalue weighted by atomic mass is 35.5. The summed E-state index contributed by atoms with van der Waals surface area (Å²) in [6.45, 7) is 5.38. The second-order valence-electron chi connectivity index (χ2n) is 4.53. The van der Waals surface area contributed by atoms with E-state index in [4.69, 9.17) is 16.7 Å². The Morgan fingerprint density at radius 1 is 1.38 bits per heavy atom. The van der Waals surface area contributed by atoms with Crippen molar-refractivity contribution in [1.29, 1.82) is 0 Å². The first-order chi connectivity index (χ1) is 7.61. The minimum atomic E-state index is 0.0572. The van der Waals surface area contributed by atoms with E-state index in [1.165, 1.54) is 0 Å². The molecule has 3 heteroatoms. The average Bonchev–Trinajstić information content (AvgIpc) is 2.54. The fraction of sp³-hybridized carbons (Fsp3) is 0.385. The summed E-state index contributed by atoms with van der Waals surface area (Å²) < 4.78 is 2.17. The van der Waals surface area contributed by atoms with Crippen LogP contribution in [0.1, 0.15) is 19.4 Å². The third-order valence-electron chi connectivity index (χ3n) is 2.64. The number of hydrogen-bond donors (Lipinski definition) is 1. The van der Waals surface area contributed by atoms with Gasteiger partial charge < -0.3 is 9.67 Å². The summed E-state index contributed by atoms with van der Waals surface area (Å²) in [7, 11) is 0. The number of fused-ring (bicyclic) bond motifs is 1. The van der Waals surface area contributed by atoms with Crippen LogP contribution in [0.15, 0.2) is 24.4 Å². The van der Waals surface area contributed by atoms with Crippen molar-refractivity contribution in [3.63, 3.8) is 0 Å². The van der Waals surface area contributed by atoms with E-state index in [1.807, 2.05) is 24.4 Å². The van der Waals surface area contributed by atoms with Crippen LogP contribution < -0.4 is 0 Å². The van der Waals surface area contributed by atoms with Crippen LogP contribution in [0.25, 0.3) is 10.9 Å². The molecule has 0 aliphatic heterocycles. The van der Waals surface area contributed by atoms with Gasteiger partial charge in [0.15, 0.2) is 0 Å². The molecular formula is C13H16ClNO. The second kappa shape index (κ2) is 4.48. The molecule has 86 valence electrons. The van der Waals surface area contributed by atoms with Crippen molar-refractivity contribution in [1.82, 2.24) is 4.57 Å². The SMILES string of the molecule is CC(C)Cn1cc(Cl)c2cc(CO)ccc21. The summed E-state index contributed by atoms with van der Waals surface area (Å²) >= 11 is 6.19. The molecule has 2 rings (SSSR count). The van der Waals surface area contributed by atoms with Gasteiger partial charge in [0.05, 0.1) is 11.6 Å². The van der Waals surface area contributed by atoms with E-state index < -0.39 is 0 Å². The summed E-state index contributed by atoms with van der Waals surface area (Å²) in [5.74, 6) is 0.587. The van der Waals surface area contributed by atoms with Gasteiger partial charge in [0, 0.05) is 23.6 Å². The zero-order valence-electron chi connectivity index (χ0n) is 9.57. The van der Waals surface area contributed by atoms with E-state index in [0.29, 0.717) is 5.92 Å². The standard InChI is InChI=1S/C13H16ClNO/c1-9(2)6-15-7-12(14)11-5-10(8-16)3-4-13(11)15/h3-5,7,9,16H,6,8H2,1-2H3. The lowest BCUT2D eigenvalue weighted by molar-refractivity contribution is 0.282.